The van der Waals surface area contributed by atoms with Crippen molar-refractivity contribution in [3.8, 4) is 0 Å². The SMILES string of the molecule is CC(=O)OCC(=O)[C@@]12CNC[C@@H]1C[C@H]1[C@@H]3C[CH-]C4=CC(=O)C=C[C@]4(C)[C@@]3(C)[C@@H](O)C[C@@]12C.[Y]. The number of aliphatic hydroxyl groups is 1. The molecular weight excluding hydrogens is 495 g/mol. The van der Waals surface area contributed by atoms with Gasteiger partial charge in [0.15, 0.2) is 12.4 Å². The van der Waals surface area contributed by atoms with Gasteiger partial charge in [-0.1, -0.05) is 33.3 Å². The second kappa shape index (κ2) is 8.11. The molecule has 0 amide bonds. The van der Waals surface area contributed by atoms with Gasteiger partial charge in [-0.3, -0.25) is 9.59 Å². The number of aliphatic hydroxyl groups excluding tert-OH is 1. The Morgan fingerprint density at radius 3 is 2.70 bits per heavy atom. The first-order valence-electron chi connectivity index (χ1n) is 11.8. The number of carbonyl (C=O) groups excluding carboxylic acids is 3. The van der Waals surface area contributed by atoms with Gasteiger partial charge in [-0.15, -0.1) is 0 Å². The van der Waals surface area contributed by atoms with Crippen molar-refractivity contribution in [1.29, 1.82) is 0 Å². The summed E-state index contributed by atoms with van der Waals surface area (Å²) in [5.74, 6) is 0.176. The minimum Gasteiger partial charge on any atom is -0.458 e. The second-order valence-electron chi connectivity index (χ2n) is 11.3. The largest absolute Gasteiger partial charge is 0.458 e. The Morgan fingerprint density at radius 2 is 2.00 bits per heavy atom. The Balaban J connectivity index is 0.00000259. The average molecular weight is 529 g/mol. The molecule has 0 spiro atoms. The zero-order chi connectivity index (χ0) is 23.1. The van der Waals surface area contributed by atoms with Crippen LogP contribution in [-0.2, 0) is 51.8 Å². The molecule has 7 heteroatoms. The van der Waals surface area contributed by atoms with Gasteiger partial charge in [0.25, 0.3) is 0 Å². The monoisotopic (exact) mass is 529 g/mol. The summed E-state index contributed by atoms with van der Waals surface area (Å²) in [5.41, 5.74) is -0.866. The van der Waals surface area contributed by atoms with E-state index in [2.05, 4.69) is 32.5 Å². The van der Waals surface area contributed by atoms with Crippen molar-refractivity contribution in [2.75, 3.05) is 19.7 Å². The minimum atomic E-state index is -0.634. The van der Waals surface area contributed by atoms with Crippen LogP contribution >= 0.6 is 0 Å². The van der Waals surface area contributed by atoms with Crippen molar-refractivity contribution < 1.29 is 56.9 Å². The van der Waals surface area contributed by atoms with Crippen LogP contribution in [0, 0.1) is 45.8 Å². The first-order chi connectivity index (χ1) is 15.0. The van der Waals surface area contributed by atoms with Crippen LogP contribution in [0.2, 0.25) is 0 Å². The maximum absolute atomic E-state index is 13.6. The van der Waals surface area contributed by atoms with Gasteiger partial charge in [-0.2, -0.15) is 11.6 Å². The molecule has 33 heavy (non-hydrogen) atoms. The van der Waals surface area contributed by atoms with Crippen molar-refractivity contribution >= 4 is 17.5 Å². The molecule has 0 bridgehead atoms. The Labute approximate surface area is 221 Å². The number of nitrogens with one attached hydrogen (secondary N) is 1. The number of esters is 1. The fraction of sp³-hybridized carbons (Fsp3) is 0.692. The zero-order valence-electron chi connectivity index (χ0n) is 20.0. The Hall–Kier alpha value is -0.816. The maximum atomic E-state index is 13.6. The van der Waals surface area contributed by atoms with Crippen LogP contribution in [-0.4, -0.2) is 48.4 Å². The van der Waals surface area contributed by atoms with Crippen LogP contribution in [0.15, 0.2) is 23.8 Å². The second-order valence-corrected chi connectivity index (χ2v) is 11.3. The minimum absolute atomic E-state index is 0. The van der Waals surface area contributed by atoms with Gasteiger partial charge in [0.1, 0.15) is 0 Å². The van der Waals surface area contributed by atoms with Crippen LogP contribution in [0.5, 0.6) is 0 Å². The van der Waals surface area contributed by atoms with Crippen molar-refractivity contribution in [3.05, 3.63) is 30.2 Å². The fourth-order valence-corrected chi connectivity index (χ4v) is 8.63. The molecule has 8 atom stereocenters. The number of rotatable bonds is 3. The summed E-state index contributed by atoms with van der Waals surface area (Å²) in [6, 6.07) is 0. The summed E-state index contributed by atoms with van der Waals surface area (Å²) >= 11 is 0. The van der Waals surface area contributed by atoms with Gasteiger partial charge >= 0.3 is 5.97 Å². The third-order valence-corrected chi connectivity index (χ3v) is 10.5. The summed E-state index contributed by atoms with van der Waals surface area (Å²) in [6.45, 7) is 9.00. The van der Waals surface area contributed by atoms with E-state index in [9.17, 15) is 19.5 Å². The molecule has 5 rings (SSSR count). The summed E-state index contributed by atoms with van der Waals surface area (Å²) < 4.78 is 5.16. The van der Waals surface area contributed by atoms with Crippen LogP contribution in [0.4, 0.5) is 0 Å². The topological polar surface area (TPSA) is 92.7 Å². The molecule has 1 aliphatic heterocycles. The number of Topliss-reactive ketones (excluding diaryl/α,β-unsaturated/α-hetero) is 1. The fourth-order valence-electron chi connectivity index (χ4n) is 8.63. The molecule has 177 valence electrons. The van der Waals surface area contributed by atoms with Crippen molar-refractivity contribution in [2.24, 2.45) is 39.4 Å². The van der Waals surface area contributed by atoms with Crippen LogP contribution in [0.3, 0.4) is 0 Å². The van der Waals surface area contributed by atoms with E-state index in [4.69, 9.17) is 4.74 Å². The van der Waals surface area contributed by atoms with Crippen molar-refractivity contribution in [2.45, 2.75) is 53.1 Å². The molecule has 6 nitrogen and oxygen atoms in total. The number of carbonyl (C=O) groups is 3. The molecule has 1 saturated heterocycles. The third kappa shape index (κ3) is 3.06. The van der Waals surface area contributed by atoms with E-state index in [1.807, 2.05) is 6.08 Å². The number of ether oxygens (including phenoxy) is 1. The Bertz CT molecular complexity index is 960. The van der Waals surface area contributed by atoms with Gasteiger partial charge < -0.3 is 20.0 Å². The van der Waals surface area contributed by atoms with Gasteiger partial charge in [0.2, 0.25) is 0 Å². The van der Waals surface area contributed by atoms with E-state index in [-0.39, 0.29) is 74.1 Å². The molecule has 1 radical (unpaired) electrons. The first-order valence-corrected chi connectivity index (χ1v) is 11.8. The molecule has 0 unspecified atom stereocenters. The third-order valence-electron chi connectivity index (χ3n) is 10.5. The number of hydrogen-bond donors (Lipinski definition) is 2. The van der Waals surface area contributed by atoms with Gasteiger partial charge in [-0.25, -0.2) is 6.42 Å². The summed E-state index contributed by atoms with van der Waals surface area (Å²) in [7, 11) is 0. The maximum Gasteiger partial charge on any atom is 0.303 e. The number of hydrogen-bond acceptors (Lipinski definition) is 6. The molecule has 3 saturated carbocycles. The molecular formula is C26H34NO5Y-. The average Bonchev–Trinajstić information content (AvgIpc) is 3.25. The predicted molar refractivity (Wildman–Crippen MR) is 118 cm³/mol. The van der Waals surface area contributed by atoms with Gasteiger partial charge in [0.05, 0.1) is 17.3 Å². The molecule has 5 aliphatic rings. The molecule has 4 fully saturated rings. The van der Waals surface area contributed by atoms with E-state index >= 15 is 0 Å². The summed E-state index contributed by atoms with van der Waals surface area (Å²) in [6.07, 6.45) is 9.18. The van der Waals surface area contributed by atoms with Gasteiger partial charge in [-0.05, 0) is 54.0 Å². The molecule has 0 aromatic carbocycles. The normalized spacial score (nSPS) is 47.2. The molecule has 2 N–H and O–H groups in total. The number of fused-ring (bicyclic) bond motifs is 7. The zero-order valence-corrected chi connectivity index (χ0v) is 22.9. The number of ketones is 2. The van der Waals surface area contributed by atoms with Crippen molar-refractivity contribution in [3.63, 3.8) is 0 Å². The van der Waals surface area contributed by atoms with Crippen molar-refractivity contribution in [1.82, 2.24) is 5.32 Å². The summed E-state index contributed by atoms with van der Waals surface area (Å²) in [4.78, 5) is 37.1. The summed E-state index contributed by atoms with van der Waals surface area (Å²) in [5, 5.41) is 15.2. The molecule has 4 aliphatic carbocycles. The molecule has 1 heterocycles. The van der Waals surface area contributed by atoms with E-state index in [1.165, 1.54) is 6.92 Å². The van der Waals surface area contributed by atoms with Crippen LogP contribution in [0.1, 0.15) is 47.0 Å². The van der Waals surface area contributed by atoms with Gasteiger partial charge in [0, 0.05) is 51.6 Å². The van der Waals surface area contributed by atoms with E-state index in [0.717, 1.165) is 25.0 Å². The van der Waals surface area contributed by atoms with E-state index < -0.39 is 28.3 Å². The Kier molecular flexibility index (Phi) is 6.21. The number of allylic oxidation sites excluding steroid dienone is 4. The standard InChI is InChI=1S/C26H34NO5.Y/c1-15(28)32-13-22(31)26-14-27-12-17(26)10-20-19-6-5-16-9-18(29)7-8-23(16,2)25(19,4)21(30)11-24(20,26)3;/h5,7-9,17,19-21,27,30H,6,10-14H2,1-4H3;/q-1;/t17-,19-,20-,21-,23-,24-,25+,26+;/m0./s1. The first kappa shape index (κ1) is 25.3. The van der Waals surface area contributed by atoms with Crippen LogP contribution < -0.4 is 5.32 Å². The smallest absolute Gasteiger partial charge is 0.303 e. The predicted octanol–water partition coefficient (Wildman–Crippen LogP) is 2.41. The van der Waals surface area contributed by atoms with Crippen LogP contribution in [0.25, 0.3) is 0 Å². The van der Waals surface area contributed by atoms with E-state index in [1.54, 1.807) is 12.2 Å². The molecule has 0 aromatic rings. The molecule has 0 aromatic heterocycles. The van der Waals surface area contributed by atoms with E-state index in [0.29, 0.717) is 13.0 Å². The Morgan fingerprint density at radius 1 is 1.27 bits per heavy atom. The quantitative estimate of drug-likeness (QED) is 0.431.